The van der Waals surface area contributed by atoms with Gasteiger partial charge in [0.2, 0.25) is 5.71 Å². The van der Waals surface area contributed by atoms with E-state index in [0.29, 0.717) is 11.2 Å². The smallest absolute Gasteiger partial charge is 0.357 e. The molecule has 0 aliphatic rings. The number of anilines is 3. The summed E-state index contributed by atoms with van der Waals surface area (Å²) in [7, 11) is 0. The van der Waals surface area contributed by atoms with Crippen molar-refractivity contribution >= 4 is 55.8 Å². The molecule has 4 aromatic carbocycles. The Morgan fingerprint density at radius 2 is 1.42 bits per heavy atom. The van der Waals surface area contributed by atoms with Crippen LogP contribution < -0.4 is 10.6 Å². The monoisotopic (exact) mass is 468 g/mol. The molecule has 0 amide bonds. The lowest BCUT2D eigenvalue weighted by atomic mass is 10.1. The van der Waals surface area contributed by atoms with Gasteiger partial charge in [0.1, 0.15) is 5.58 Å². The van der Waals surface area contributed by atoms with Gasteiger partial charge < -0.3 is 9.32 Å². The van der Waals surface area contributed by atoms with Gasteiger partial charge in [0.05, 0.1) is 16.4 Å². The van der Waals surface area contributed by atoms with Crippen LogP contribution in [0.2, 0.25) is 0 Å². The van der Waals surface area contributed by atoms with Crippen LogP contribution in [-0.2, 0) is 0 Å². The molecule has 0 aliphatic heterocycles. The van der Waals surface area contributed by atoms with Crippen LogP contribution >= 0.6 is 0 Å². The number of imidazole rings is 1. The van der Waals surface area contributed by atoms with E-state index in [1.165, 1.54) is 0 Å². The van der Waals surface area contributed by atoms with E-state index < -0.39 is 5.69 Å². The third kappa shape index (κ3) is 3.01. The average Bonchev–Trinajstić information content (AvgIpc) is 3.30. The molecule has 0 spiro atoms. The maximum absolute atomic E-state index is 13.0. The second-order valence-electron chi connectivity index (χ2n) is 8.75. The number of rotatable bonds is 3. The second-order valence-corrected chi connectivity index (χ2v) is 8.75. The van der Waals surface area contributed by atoms with Crippen molar-refractivity contribution in [2.24, 2.45) is 0 Å². The zero-order valence-corrected chi connectivity index (χ0v) is 19.4. The van der Waals surface area contributed by atoms with Crippen molar-refractivity contribution in [1.29, 1.82) is 0 Å². The number of para-hydroxylation sites is 4. The van der Waals surface area contributed by atoms with E-state index in [-0.39, 0.29) is 5.71 Å². The van der Waals surface area contributed by atoms with Crippen LogP contribution in [0.5, 0.6) is 0 Å². The van der Waals surface area contributed by atoms with Gasteiger partial charge in [-0.15, -0.1) is 0 Å². The topological polar surface area (TPSA) is 63.6 Å². The van der Waals surface area contributed by atoms with Gasteiger partial charge in [0.25, 0.3) is 0 Å². The number of benzene rings is 4. The van der Waals surface area contributed by atoms with Crippen molar-refractivity contribution in [2.45, 2.75) is 6.92 Å². The van der Waals surface area contributed by atoms with Crippen molar-refractivity contribution in [2.75, 3.05) is 4.90 Å². The average molecular weight is 469 g/mol. The van der Waals surface area contributed by atoms with Crippen molar-refractivity contribution < 1.29 is 4.42 Å². The van der Waals surface area contributed by atoms with Crippen LogP contribution in [0.25, 0.3) is 38.7 Å². The largest absolute Gasteiger partial charge is 0.437 e. The van der Waals surface area contributed by atoms with Gasteiger partial charge in [-0.2, -0.15) is 4.98 Å². The molecule has 0 fully saturated rings. The summed E-state index contributed by atoms with van der Waals surface area (Å²) in [5.41, 5.74) is 6.57. The molecule has 0 radical (unpaired) electrons. The van der Waals surface area contributed by atoms with E-state index in [4.69, 9.17) is 9.40 Å². The molecule has 0 unspecified atom stereocenters. The highest BCUT2D eigenvalue weighted by molar-refractivity contribution is 6.03. The quantitative estimate of drug-likeness (QED) is 0.263. The molecule has 7 rings (SSSR count). The van der Waals surface area contributed by atoms with E-state index in [1.54, 1.807) is 4.40 Å². The van der Waals surface area contributed by atoms with Crippen molar-refractivity contribution in [3.8, 4) is 0 Å². The van der Waals surface area contributed by atoms with Gasteiger partial charge in [0, 0.05) is 28.5 Å². The third-order valence-electron chi connectivity index (χ3n) is 6.62. The van der Waals surface area contributed by atoms with Crippen LogP contribution in [0.1, 0.15) is 5.56 Å². The molecule has 0 saturated carbocycles. The lowest BCUT2D eigenvalue weighted by Gasteiger charge is -2.25. The molecule has 0 saturated heterocycles. The van der Waals surface area contributed by atoms with Crippen LogP contribution in [0.15, 0.2) is 112 Å². The zero-order chi connectivity index (χ0) is 24.2. The minimum absolute atomic E-state index is 0.288. The van der Waals surface area contributed by atoms with Crippen molar-refractivity contribution in [3.63, 3.8) is 0 Å². The lowest BCUT2D eigenvalue weighted by molar-refractivity contribution is 0.641. The van der Waals surface area contributed by atoms with Gasteiger partial charge in [-0.05, 0) is 61.0 Å². The van der Waals surface area contributed by atoms with Crippen molar-refractivity contribution in [3.05, 3.63) is 119 Å². The Morgan fingerprint density at radius 1 is 0.750 bits per heavy atom. The van der Waals surface area contributed by atoms with E-state index >= 15 is 0 Å². The van der Waals surface area contributed by atoms with Crippen LogP contribution in [0.3, 0.4) is 0 Å². The molecule has 6 nitrogen and oxygen atoms in total. The Kier molecular flexibility index (Phi) is 4.41. The second kappa shape index (κ2) is 7.78. The number of nitrogens with zero attached hydrogens (tertiary/aromatic N) is 4. The SMILES string of the molecule is Cc1c2ccc(N(c3ccccc3)c3ccccc3)cc2oc2nc(=O)n3c4ccccc4nc3c12. The summed E-state index contributed by atoms with van der Waals surface area (Å²) in [6.45, 7) is 2.03. The van der Waals surface area contributed by atoms with Crippen LogP contribution in [0, 0.1) is 6.92 Å². The Bertz CT molecular complexity index is 1940. The van der Waals surface area contributed by atoms with Gasteiger partial charge >= 0.3 is 5.69 Å². The summed E-state index contributed by atoms with van der Waals surface area (Å²) in [6, 6.07) is 34.1. The van der Waals surface area contributed by atoms with Crippen molar-refractivity contribution in [1.82, 2.24) is 14.4 Å². The fourth-order valence-corrected chi connectivity index (χ4v) is 4.96. The first-order valence-corrected chi connectivity index (χ1v) is 11.7. The molecule has 6 heteroatoms. The number of hydrogen-bond donors (Lipinski definition) is 0. The maximum Gasteiger partial charge on any atom is 0.357 e. The molecule has 0 aliphatic carbocycles. The van der Waals surface area contributed by atoms with E-state index in [9.17, 15) is 4.79 Å². The predicted octanol–water partition coefficient (Wildman–Crippen LogP) is 6.92. The Balaban J connectivity index is 1.50. The summed E-state index contributed by atoms with van der Waals surface area (Å²) >= 11 is 0. The first-order valence-electron chi connectivity index (χ1n) is 11.7. The predicted molar refractivity (Wildman–Crippen MR) is 143 cm³/mol. The summed E-state index contributed by atoms with van der Waals surface area (Å²) < 4.78 is 7.85. The molecule has 172 valence electrons. The highest BCUT2D eigenvalue weighted by atomic mass is 16.3. The first-order chi connectivity index (χ1) is 17.7. The Morgan fingerprint density at radius 3 is 2.14 bits per heavy atom. The normalized spacial score (nSPS) is 11.6. The Labute approximate surface area is 205 Å². The van der Waals surface area contributed by atoms with E-state index in [1.807, 2.05) is 73.7 Å². The molecule has 36 heavy (non-hydrogen) atoms. The van der Waals surface area contributed by atoms with Crippen LogP contribution in [-0.4, -0.2) is 14.4 Å². The minimum Gasteiger partial charge on any atom is -0.437 e. The molecule has 0 bridgehead atoms. The van der Waals surface area contributed by atoms with E-state index in [2.05, 4.69) is 46.3 Å². The third-order valence-corrected chi connectivity index (χ3v) is 6.62. The number of aromatic nitrogens is 3. The van der Waals surface area contributed by atoms with Gasteiger partial charge in [0.15, 0.2) is 5.65 Å². The molecule has 0 atom stereocenters. The fraction of sp³-hybridized carbons (Fsp3) is 0.0333. The minimum atomic E-state index is -0.403. The van der Waals surface area contributed by atoms with Gasteiger partial charge in [-0.25, -0.2) is 14.2 Å². The number of aryl methyl sites for hydroxylation is 1. The molecular weight excluding hydrogens is 448 g/mol. The summed E-state index contributed by atoms with van der Waals surface area (Å²) in [4.78, 5) is 24.2. The maximum atomic E-state index is 13.0. The zero-order valence-electron chi connectivity index (χ0n) is 19.4. The van der Waals surface area contributed by atoms with Gasteiger partial charge in [-0.3, -0.25) is 0 Å². The molecule has 3 aromatic heterocycles. The van der Waals surface area contributed by atoms with E-state index in [0.717, 1.165) is 44.4 Å². The summed E-state index contributed by atoms with van der Waals surface area (Å²) in [5.74, 6) is 0. The molecular formula is C30H20N4O2. The Hall–Kier alpha value is -4.97. The number of fused-ring (bicyclic) bond motifs is 6. The highest BCUT2D eigenvalue weighted by Gasteiger charge is 2.19. The van der Waals surface area contributed by atoms with Crippen LogP contribution in [0.4, 0.5) is 17.1 Å². The lowest BCUT2D eigenvalue weighted by Crippen LogP contribution is -2.16. The molecule has 3 heterocycles. The molecule has 0 N–H and O–H groups in total. The molecule has 7 aromatic rings. The summed E-state index contributed by atoms with van der Waals surface area (Å²) in [5, 5.41) is 1.69. The first kappa shape index (κ1) is 20.4. The standard InChI is InChI=1S/C30H20N4O2/c1-19-23-17-16-22(33(20-10-4-2-5-11-20)21-12-6-3-7-13-21)18-26(23)36-29-27(19)28-31-24-14-8-9-15-25(24)34(28)30(35)32-29/h2-18H,1H3. The summed E-state index contributed by atoms with van der Waals surface area (Å²) in [6.07, 6.45) is 0. The fourth-order valence-electron chi connectivity index (χ4n) is 4.96. The number of hydrogen-bond acceptors (Lipinski definition) is 5. The highest BCUT2D eigenvalue weighted by Crippen LogP contribution is 2.38. The van der Waals surface area contributed by atoms with Gasteiger partial charge in [-0.1, -0.05) is 48.5 Å².